The number of carbonyl (C=O) groups excluding carboxylic acids is 2. The van der Waals surface area contributed by atoms with E-state index in [0.717, 1.165) is 32.9 Å². The smallest absolute Gasteiger partial charge is 0.243 e. The summed E-state index contributed by atoms with van der Waals surface area (Å²) in [6.07, 6.45) is 8.21. The molecule has 0 spiro atoms. The van der Waals surface area contributed by atoms with E-state index in [1.807, 2.05) is 48.5 Å². The highest BCUT2D eigenvalue weighted by atomic mass is 79.9. The highest BCUT2D eigenvalue weighted by molar-refractivity contribution is 9.10. The lowest BCUT2D eigenvalue weighted by Gasteiger charge is -2.04. The van der Waals surface area contributed by atoms with Crippen molar-refractivity contribution in [2.75, 3.05) is 13.1 Å². The van der Waals surface area contributed by atoms with Gasteiger partial charge in [0.15, 0.2) is 0 Å². The summed E-state index contributed by atoms with van der Waals surface area (Å²) in [5.74, 6) is -0.242. The third-order valence-corrected chi connectivity index (χ3v) is 4.85. The molecule has 0 aromatic heterocycles. The van der Waals surface area contributed by atoms with Crippen LogP contribution in [0.4, 0.5) is 0 Å². The summed E-state index contributed by atoms with van der Waals surface area (Å²) < 4.78 is 2.01. The number of nitrogens with one attached hydrogen (secondary N) is 2. The van der Waals surface area contributed by atoms with Crippen LogP contribution >= 0.6 is 31.9 Å². The minimum atomic E-state index is -0.121. The number of hydrogen-bond acceptors (Lipinski definition) is 2. The molecule has 0 aliphatic carbocycles. The number of unbranched alkanes of at least 4 members (excludes halogenated alkanes) is 1. The second-order valence-corrected chi connectivity index (χ2v) is 7.89. The molecule has 0 fully saturated rings. The van der Waals surface area contributed by atoms with Crippen molar-refractivity contribution in [3.05, 3.63) is 80.8 Å². The lowest BCUT2D eigenvalue weighted by Crippen LogP contribution is -2.25. The van der Waals surface area contributed by atoms with Crippen LogP contribution in [0.1, 0.15) is 24.0 Å². The van der Waals surface area contributed by atoms with E-state index in [9.17, 15) is 9.59 Å². The van der Waals surface area contributed by atoms with E-state index in [2.05, 4.69) is 42.5 Å². The topological polar surface area (TPSA) is 58.2 Å². The number of rotatable bonds is 9. The van der Waals surface area contributed by atoms with Gasteiger partial charge in [-0.1, -0.05) is 56.1 Å². The Bertz CT molecular complexity index is 757. The fourth-order valence-electron chi connectivity index (χ4n) is 2.28. The van der Waals surface area contributed by atoms with Gasteiger partial charge in [-0.15, -0.1) is 0 Å². The van der Waals surface area contributed by atoms with Crippen molar-refractivity contribution in [1.82, 2.24) is 10.6 Å². The molecule has 28 heavy (non-hydrogen) atoms. The Balaban J connectivity index is 1.56. The molecule has 4 nitrogen and oxygen atoms in total. The summed E-state index contributed by atoms with van der Waals surface area (Å²) in [5, 5.41) is 5.68. The van der Waals surface area contributed by atoms with Crippen LogP contribution in [0.25, 0.3) is 12.2 Å². The number of halogens is 2. The molecule has 0 bridgehead atoms. The molecule has 0 atom stereocenters. The van der Waals surface area contributed by atoms with Gasteiger partial charge in [0.25, 0.3) is 0 Å². The van der Waals surface area contributed by atoms with E-state index in [-0.39, 0.29) is 11.8 Å². The van der Waals surface area contributed by atoms with E-state index < -0.39 is 0 Å². The van der Waals surface area contributed by atoms with Crippen molar-refractivity contribution >= 4 is 55.8 Å². The molecule has 2 aromatic rings. The van der Waals surface area contributed by atoms with Gasteiger partial charge in [0, 0.05) is 34.2 Å². The van der Waals surface area contributed by atoms with Crippen molar-refractivity contribution in [3.8, 4) is 0 Å². The van der Waals surface area contributed by atoms with Crippen molar-refractivity contribution in [2.45, 2.75) is 12.8 Å². The van der Waals surface area contributed by atoms with Gasteiger partial charge in [-0.3, -0.25) is 9.59 Å². The maximum atomic E-state index is 11.8. The van der Waals surface area contributed by atoms with Crippen LogP contribution in [0.15, 0.2) is 69.6 Å². The average Bonchev–Trinajstić information content (AvgIpc) is 2.69. The molecule has 0 saturated carbocycles. The maximum absolute atomic E-state index is 11.8. The summed E-state index contributed by atoms with van der Waals surface area (Å²) in [4.78, 5) is 23.6. The molecule has 146 valence electrons. The standard InChI is InChI=1S/C22H22Br2N2O2/c23-19-9-3-17(4-10-19)7-13-21(27)25-15-1-2-16-26-22(28)14-8-18-5-11-20(24)12-6-18/h3-14H,1-2,15-16H2,(H,25,27)(H,26,28)/b13-7+,14-8+. The first-order valence-electron chi connectivity index (χ1n) is 8.96. The third-order valence-electron chi connectivity index (χ3n) is 3.80. The molecule has 2 rings (SSSR count). The van der Waals surface area contributed by atoms with Crippen molar-refractivity contribution in [2.24, 2.45) is 0 Å². The first kappa shape index (κ1) is 22.1. The fourth-order valence-corrected chi connectivity index (χ4v) is 2.81. The van der Waals surface area contributed by atoms with Crippen LogP contribution < -0.4 is 10.6 Å². The van der Waals surface area contributed by atoms with E-state index in [1.165, 1.54) is 12.2 Å². The maximum Gasteiger partial charge on any atom is 0.243 e. The highest BCUT2D eigenvalue weighted by Crippen LogP contribution is 2.12. The van der Waals surface area contributed by atoms with Gasteiger partial charge in [-0.25, -0.2) is 0 Å². The Kier molecular flexibility index (Phi) is 9.72. The van der Waals surface area contributed by atoms with Gasteiger partial charge in [0.1, 0.15) is 0 Å². The van der Waals surface area contributed by atoms with Gasteiger partial charge in [-0.05, 0) is 60.4 Å². The summed E-state index contributed by atoms with van der Waals surface area (Å²) >= 11 is 6.75. The van der Waals surface area contributed by atoms with Gasteiger partial charge in [0.05, 0.1) is 0 Å². The third kappa shape index (κ3) is 9.15. The number of amides is 2. The SMILES string of the molecule is O=C(/C=C/c1ccc(Br)cc1)NCCCCNC(=O)/C=C/c1ccc(Br)cc1. The molecule has 0 aliphatic heterocycles. The molecule has 0 saturated heterocycles. The predicted molar refractivity (Wildman–Crippen MR) is 122 cm³/mol. The molecular formula is C22H22Br2N2O2. The van der Waals surface area contributed by atoms with Gasteiger partial charge in [0.2, 0.25) is 11.8 Å². The molecule has 2 aromatic carbocycles. The lowest BCUT2D eigenvalue weighted by atomic mass is 10.2. The molecule has 0 heterocycles. The van der Waals surface area contributed by atoms with Gasteiger partial charge >= 0.3 is 0 Å². The summed E-state index contributed by atoms with van der Waals surface area (Å²) in [7, 11) is 0. The molecule has 0 unspecified atom stereocenters. The summed E-state index contributed by atoms with van der Waals surface area (Å²) in [6, 6.07) is 15.5. The Hall–Kier alpha value is -2.18. The second-order valence-electron chi connectivity index (χ2n) is 6.06. The Morgan fingerprint density at radius 3 is 1.39 bits per heavy atom. The van der Waals surface area contributed by atoms with Gasteiger partial charge < -0.3 is 10.6 Å². The largest absolute Gasteiger partial charge is 0.353 e. The second kappa shape index (κ2) is 12.3. The number of benzene rings is 2. The summed E-state index contributed by atoms with van der Waals surface area (Å²) in [6.45, 7) is 1.15. The Morgan fingerprint density at radius 2 is 1.04 bits per heavy atom. The molecule has 2 N–H and O–H groups in total. The zero-order chi connectivity index (χ0) is 20.2. The first-order valence-corrected chi connectivity index (χ1v) is 10.5. The monoisotopic (exact) mass is 504 g/mol. The zero-order valence-corrected chi connectivity index (χ0v) is 18.5. The molecule has 2 amide bonds. The van der Waals surface area contributed by atoms with Crippen LogP contribution in [0.2, 0.25) is 0 Å². The summed E-state index contributed by atoms with van der Waals surface area (Å²) in [5.41, 5.74) is 1.94. The molecule has 0 aliphatic rings. The number of hydrogen-bond donors (Lipinski definition) is 2. The van der Waals surface area contributed by atoms with Gasteiger partial charge in [-0.2, -0.15) is 0 Å². The highest BCUT2D eigenvalue weighted by Gasteiger charge is 1.98. The number of carbonyl (C=O) groups is 2. The van der Waals surface area contributed by atoms with Crippen LogP contribution in [-0.4, -0.2) is 24.9 Å². The molecule has 0 radical (unpaired) electrons. The van der Waals surface area contributed by atoms with Crippen LogP contribution in [-0.2, 0) is 9.59 Å². The van der Waals surface area contributed by atoms with E-state index in [4.69, 9.17) is 0 Å². The predicted octanol–water partition coefficient (Wildman–Crippen LogP) is 4.95. The Morgan fingerprint density at radius 1 is 0.679 bits per heavy atom. The Labute approximate surface area is 182 Å². The lowest BCUT2D eigenvalue weighted by molar-refractivity contribution is -0.117. The van der Waals surface area contributed by atoms with Crippen LogP contribution in [0.3, 0.4) is 0 Å². The van der Waals surface area contributed by atoms with E-state index in [1.54, 1.807) is 12.2 Å². The molecule has 6 heteroatoms. The zero-order valence-electron chi connectivity index (χ0n) is 15.3. The fraction of sp³-hybridized carbons (Fsp3) is 0.182. The normalized spacial score (nSPS) is 11.1. The van der Waals surface area contributed by atoms with E-state index in [0.29, 0.717) is 13.1 Å². The van der Waals surface area contributed by atoms with Crippen molar-refractivity contribution in [1.29, 1.82) is 0 Å². The van der Waals surface area contributed by atoms with Crippen molar-refractivity contribution in [3.63, 3.8) is 0 Å². The minimum absolute atomic E-state index is 0.121. The average molecular weight is 506 g/mol. The molecular weight excluding hydrogens is 484 g/mol. The minimum Gasteiger partial charge on any atom is -0.353 e. The van der Waals surface area contributed by atoms with Crippen LogP contribution in [0, 0.1) is 0 Å². The van der Waals surface area contributed by atoms with Crippen molar-refractivity contribution < 1.29 is 9.59 Å². The first-order chi connectivity index (χ1) is 13.5. The van der Waals surface area contributed by atoms with Crippen LogP contribution in [0.5, 0.6) is 0 Å². The van der Waals surface area contributed by atoms with E-state index >= 15 is 0 Å². The quantitative estimate of drug-likeness (QED) is 0.374.